The molecule has 4 heteroatoms. The van der Waals surface area contributed by atoms with Crippen molar-refractivity contribution in [3.63, 3.8) is 0 Å². The minimum atomic E-state index is -0.0421. The van der Waals surface area contributed by atoms with E-state index in [-0.39, 0.29) is 5.56 Å². The Balaban J connectivity index is 1.98. The number of para-hydroxylation sites is 2. The van der Waals surface area contributed by atoms with Crippen LogP contribution in [0.1, 0.15) is 19.0 Å². The van der Waals surface area contributed by atoms with E-state index in [4.69, 9.17) is 0 Å². The first-order chi connectivity index (χ1) is 11.8. The van der Waals surface area contributed by atoms with Crippen molar-refractivity contribution in [1.82, 2.24) is 9.66 Å². The van der Waals surface area contributed by atoms with Crippen LogP contribution in [-0.2, 0) is 6.42 Å². The largest absolute Gasteiger partial charge is 0.353 e. The lowest BCUT2D eigenvalue weighted by molar-refractivity contribution is 0.780. The highest BCUT2D eigenvalue weighted by Crippen LogP contribution is 2.27. The topological polar surface area (TPSA) is 49.8 Å². The first-order valence-electron chi connectivity index (χ1n) is 8.25. The van der Waals surface area contributed by atoms with Crippen LogP contribution in [0.25, 0.3) is 21.8 Å². The molecule has 0 radical (unpaired) electrons. The van der Waals surface area contributed by atoms with Crippen LogP contribution in [0.3, 0.4) is 0 Å². The van der Waals surface area contributed by atoms with Crippen molar-refractivity contribution >= 4 is 27.5 Å². The van der Waals surface area contributed by atoms with Crippen LogP contribution in [0.4, 0.5) is 5.69 Å². The number of aromatic amines is 1. The molecule has 0 atom stereocenters. The predicted octanol–water partition coefficient (Wildman–Crippen LogP) is 4.31. The van der Waals surface area contributed by atoms with Crippen molar-refractivity contribution in [1.29, 1.82) is 0 Å². The summed E-state index contributed by atoms with van der Waals surface area (Å²) in [6.07, 6.45) is 1.78. The van der Waals surface area contributed by atoms with E-state index in [1.807, 2.05) is 48.5 Å². The number of aryl methyl sites for hydroxylation is 1. The Morgan fingerprint density at radius 1 is 1.00 bits per heavy atom. The molecule has 0 fully saturated rings. The fourth-order valence-corrected chi connectivity index (χ4v) is 3.21. The first-order valence-corrected chi connectivity index (χ1v) is 8.25. The van der Waals surface area contributed by atoms with Gasteiger partial charge in [-0.1, -0.05) is 49.7 Å². The van der Waals surface area contributed by atoms with Gasteiger partial charge in [0.05, 0.1) is 16.9 Å². The van der Waals surface area contributed by atoms with E-state index in [1.165, 1.54) is 0 Å². The Hall–Kier alpha value is -3.01. The number of rotatable bonds is 4. The van der Waals surface area contributed by atoms with Gasteiger partial charge in [-0.15, -0.1) is 0 Å². The average molecular weight is 317 g/mol. The number of H-pyrrole nitrogens is 1. The van der Waals surface area contributed by atoms with E-state index in [2.05, 4.69) is 23.4 Å². The van der Waals surface area contributed by atoms with Gasteiger partial charge in [0, 0.05) is 22.4 Å². The minimum Gasteiger partial charge on any atom is -0.353 e. The Kier molecular flexibility index (Phi) is 3.58. The fraction of sp³-hybridized carbons (Fsp3) is 0.150. The van der Waals surface area contributed by atoms with E-state index in [0.717, 1.165) is 46.0 Å². The molecule has 0 aliphatic carbocycles. The number of hydrogen-bond acceptors (Lipinski definition) is 2. The lowest BCUT2D eigenvalue weighted by Gasteiger charge is -2.15. The van der Waals surface area contributed by atoms with E-state index >= 15 is 0 Å². The maximum Gasteiger partial charge on any atom is 0.270 e. The number of fused-ring (bicyclic) bond motifs is 3. The maximum absolute atomic E-state index is 12.8. The SMILES string of the molecule is CCCc1c2[nH]c3ccccc3c2cc(=O)n1Nc1ccccc1. The van der Waals surface area contributed by atoms with Crippen molar-refractivity contribution in [3.8, 4) is 0 Å². The van der Waals surface area contributed by atoms with Gasteiger partial charge in [0.1, 0.15) is 0 Å². The number of aromatic nitrogens is 2. The van der Waals surface area contributed by atoms with Gasteiger partial charge in [0.25, 0.3) is 5.56 Å². The second-order valence-corrected chi connectivity index (χ2v) is 5.95. The quantitative estimate of drug-likeness (QED) is 0.589. The highest BCUT2D eigenvalue weighted by atomic mass is 16.1. The summed E-state index contributed by atoms with van der Waals surface area (Å²) < 4.78 is 1.66. The number of pyridine rings is 1. The molecule has 0 bridgehead atoms. The summed E-state index contributed by atoms with van der Waals surface area (Å²) in [7, 11) is 0. The molecule has 0 spiro atoms. The second-order valence-electron chi connectivity index (χ2n) is 5.95. The van der Waals surface area contributed by atoms with Gasteiger partial charge >= 0.3 is 0 Å². The molecule has 2 N–H and O–H groups in total. The molecule has 0 unspecified atom stereocenters. The molecule has 0 saturated carbocycles. The smallest absolute Gasteiger partial charge is 0.270 e. The molecule has 0 aliphatic heterocycles. The van der Waals surface area contributed by atoms with Crippen LogP contribution in [-0.4, -0.2) is 9.66 Å². The molecule has 4 rings (SSSR count). The number of anilines is 1. The van der Waals surface area contributed by atoms with Gasteiger partial charge in [0.2, 0.25) is 0 Å². The molecular formula is C20H19N3O. The third kappa shape index (κ3) is 2.36. The maximum atomic E-state index is 12.8. The van der Waals surface area contributed by atoms with E-state index < -0.39 is 0 Å². The van der Waals surface area contributed by atoms with Gasteiger partial charge in [-0.3, -0.25) is 10.2 Å². The van der Waals surface area contributed by atoms with Crippen molar-refractivity contribution in [2.75, 3.05) is 5.43 Å². The molecule has 0 amide bonds. The molecule has 120 valence electrons. The van der Waals surface area contributed by atoms with E-state index in [1.54, 1.807) is 10.7 Å². The molecule has 2 heterocycles. The van der Waals surface area contributed by atoms with Crippen molar-refractivity contribution in [2.45, 2.75) is 19.8 Å². The average Bonchev–Trinajstić information content (AvgIpc) is 2.97. The predicted molar refractivity (Wildman–Crippen MR) is 99.5 cm³/mol. The van der Waals surface area contributed by atoms with Crippen LogP contribution >= 0.6 is 0 Å². The van der Waals surface area contributed by atoms with Crippen LogP contribution < -0.4 is 11.0 Å². The van der Waals surface area contributed by atoms with Gasteiger partial charge in [0.15, 0.2) is 0 Å². The number of benzene rings is 2. The van der Waals surface area contributed by atoms with E-state index in [9.17, 15) is 4.79 Å². The van der Waals surface area contributed by atoms with Crippen LogP contribution in [0.15, 0.2) is 65.5 Å². The normalized spacial score (nSPS) is 11.2. The Labute approximate surface area is 139 Å². The summed E-state index contributed by atoms with van der Waals surface area (Å²) in [5, 5.41) is 2.08. The molecule has 4 aromatic rings. The van der Waals surface area contributed by atoms with Crippen molar-refractivity contribution in [2.24, 2.45) is 0 Å². The summed E-state index contributed by atoms with van der Waals surface area (Å²) >= 11 is 0. The molecule has 0 aliphatic rings. The Morgan fingerprint density at radius 2 is 1.75 bits per heavy atom. The van der Waals surface area contributed by atoms with Gasteiger partial charge in [-0.2, -0.15) is 0 Å². The molecule has 24 heavy (non-hydrogen) atoms. The molecule has 2 aromatic heterocycles. The van der Waals surface area contributed by atoms with Crippen LogP contribution in [0.2, 0.25) is 0 Å². The van der Waals surface area contributed by atoms with Gasteiger partial charge in [-0.25, -0.2) is 4.68 Å². The minimum absolute atomic E-state index is 0.0421. The monoisotopic (exact) mass is 317 g/mol. The van der Waals surface area contributed by atoms with Gasteiger partial charge in [-0.05, 0) is 24.6 Å². The highest BCUT2D eigenvalue weighted by molar-refractivity contribution is 6.07. The van der Waals surface area contributed by atoms with Crippen molar-refractivity contribution < 1.29 is 0 Å². The fourth-order valence-electron chi connectivity index (χ4n) is 3.21. The second kappa shape index (κ2) is 5.89. The lowest BCUT2D eigenvalue weighted by Crippen LogP contribution is -2.29. The summed E-state index contributed by atoms with van der Waals surface area (Å²) in [5.41, 5.74) is 7.17. The number of hydrogen-bond donors (Lipinski definition) is 2. The zero-order chi connectivity index (χ0) is 16.5. The standard InChI is InChI=1S/C20H19N3O/c1-2-8-18-20-16(15-11-6-7-12-17(15)21-20)13-19(24)23(18)22-14-9-4-3-5-10-14/h3-7,9-13,21-22H,2,8H2,1H3. The van der Waals surface area contributed by atoms with Crippen molar-refractivity contribution in [3.05, 3.63) is 76.7 Å². The zero-order valence-electron chi connectivity index (χ0n) is 13.5. The molecule has 0 saturated heterocycles. The van der Waals surface area contributed by atoms with Gasteiger partial charge < -0.3 is 4.98 Å². The number of nitrogens with zero attached hydrogens (tertiary/aromatic N) is 1. The summed E-state index contributed by atoms with van der Waals surface area (Å²) in [6.45, 7) is 2.12. The first kappa shape index (κ1) is 14.6. The van der Waals surface area contributed by atoms with Crippen LogP contribution in [0.5, 0.6) is 0 Å². The lowest BCUT2D eigenvalue weighted by atomic mass is 10.1. The molecular weight excluding hydrogens is 298 g/mol. The summed E-state index contributed by atoms with van der Waals surface area (Å²) in [4.78, 5) is 16.2. The third-order valence-corrected chi connectivity index (χ3v) is 4.29. The summed E-state index contributed by atoms with van der Waals surface area (Å²) in [6, 6.07) is 19.6. The Bertz CT molecular complexity index is 1060. The number of nitrogens with one attached hydrogen (secondary N) is 2. The summed E-state index contributed by atoms with van der Waals surface area (Å²) in [5.74, 6) is 0. The van der Waals surface area contributed by atoms with Crippen LogP contribution in [0, 0.1) is 0 Å². The van der Waals surface area contributed by atoms with E-state index in [0.29, 0.717) is 0 Å². The molecule has 4 nitrogen and oxygen atoms in total. The Morgan fingerprint density at radius 3 is 2.54 bits per heavy atom. The highest BCUT2D eigenvalue weighted by Gasteiger charge is 2.14. The third-order valence-electron chi connectivity index (χ3n) is 4.29. The molecule has 2 aromatic carbocycles. The zero-order valence-corrected chi connectivity index (χ0v) is 13.5.